The summed E-state index contributed by atoms with van der Waals surface area (Å²) in [4.78, 5) is 12.3. The van der Waals surface area contributed by atoms with Gasteiger partial charge in [-0.05, 0) is 31.4 Å². The molecule has 0 amide bonds. The molecule has 3 heterocycles. The van der Waals surface area contributed by atoms with Gasteiger partial charge < -0.3 is 10.7 Å². The van der Waals surface area contributed by atoms with E-state index >= 15 is 0 Å². The first kappa shape index (κ1) is 20.3. The van der Waals surface area contributed by atoms with Crippen LogP contribution in [0, 0.1) is 6.92 Å². The highest BCUT2D eigenvalue weighted by atomic mass is 32.2. The van der Waals surface area contributed by atoms with E-state index in [4.69, 9.17) is 10.7 Å². The van der Waals surface area contributed by atoms with E-state index in [2.05, 4.69) is 16.9 Å². The van der Waals surface area contributed by atoms with Crippen LogP contribution in [0.3, 0.4) is 0 Å². The number of nitrogens with one attached hydrogen (secondary N) is 1. The Kier molecular flexibility index (Phi) is 5.76. The topological polar surface area (TPSA) is 109 Å². The van der Waals surface area contributed by atoms with E-state index < -0.39 is 10.0 Å². The number of H-pyrrole nitrogens is 1. The first-order chi connectivity index (χ1) is 13.2. The first-order valence-electron chi connectivity index (χ1n) is 9.45. The molecule has 0 aromatic carbocycles. The third-order valence-corrected chi connectivity index (χ3v) is 6.19. The van der Waals surface area contributed by atoms with Crippen molar-refractivity contribution >= 4 is 21.4 Å². The summed E-state index contributed by atoms with van der Waals surface area (Å²) in [5, 5.41) is 0. The van der Waals surface area contributed by atoms with Crippen LogP contribution >= 0.6 is 0 Å². The van der Waals surface area contributed by atoms with Crippen LogP contribution in [0.4, 0.5) is 5.82 Å². The van der Waals surface area contributed by atoms with Crippen molar-refractivity contribution in [2.24, 2.45) is 0 Å². The minimum Gasteiger partial charge on any atom is -0.382 e. The van der Waals surface area contributed by atoms with Gasteiger partial charge in [-0.1, -0.05) is 13.8 Å². The molecule has 9 heteroatoms. The second-order valence-corrected chi connectivity index (χ2v) is 9.27. The standard InChI is InChI=1S/C19H28N6O2S/c1-5-8-24(28(4,26)27)9-6-14(3)19-23-16(15-11-13(2)12-22-15)17-18(20)21-7-10-25(17)19/h7,10-12,14,22H,5-6,8-9H2,1-4H3,(H2,20,21). The summed E-state index contributed by atoms with van der Waals surface area (Å²) in [6.45, 7) is 7.03. The highest BCUT2D eigenvalue weighted by Crippen LogP contribution is 2.31. The number of nitrogen functional groups attached to an aromatic ring is 1. The predicted molar refractivity (Wildman–Crippen MR) is 112 cm³/mol. The maximum Gasteiger partial charge on any atom is 0.211 e. The molecular formula is C19H28N6O2S. The number of aromatic amines is 1. The number of imidazole rings is 1. The summed E-state index contributed by atoms with van der Waals surface area (Å²) in [7, 11) is -3.22. The molecule has 0 radical (unpaired) electrons. The number of nitrogens with zero attached hydrogens (tertiary/aromatic N) is 4. The maximum atomic E-state index is 12.0. The molecule has 3 rings (SSSR count). The van der Waals surface area contributed by atoms with Crippen LogP contribution in [0.5, 0.6) is 0 Å². The molecule has 1 unspecified atom stereocenters. The van der Waals surface area contributed by atoms with Crippen molar-refractivity contribution in [2.45, 2.75) is 39.5 Å². The van der Waals surface area contributed by atoms with E-state index in [0.29, 0.717) is 25.3 Å². The molecule has 0 aliphatic heterocycles. The Labute approximate surface area is 165 Å². The lowest BCUT2D eigenvalue weighted by Crippen LogP contribution is -2.32. The van der Waals surface area contributed by atoms with Gasteiger partial charge in [0, 0.05) is 37.6 Å². The summed E-state index contributed by atoms with van der Waals surface area (Å²) in [6.07, 6.45) is 8.14. The molecule has 0 fully saturated rings. The predicted octanol–water partition coefficient (Wildman–Crippen LogP) is 2.78. The van der Waals surface area contributed by atoms with Gasteiger partial charge >= 0.3 is 0 Å². The van der Waals surface area contributed by atoms with E-state index in [1.165, 1.54) is 10.6 Å². The van der Waals surface area contributed by atoms with Crippen molar-refractivity contribution in [3.63, 3.8) is 0 Å². The molecule has 0 saturated heterocycles. The summed E-state index contributed by atoms with van der Waals surface area (Å²) in [5.41, 5.74) is 9.68. The first-order valence-corrected chi connectivity index (χ1v) is 11.3. The quantitative estimate of drug-likeness (QED) is 0.600. The van der Waals surface area contributed by atoms with Gasteiger partial charge in [-0.2, -0.15) is 0 Å². The number of hydrogen-bond acceptors (Lipinski definition) is 5. The van der Waals surface area contributed by atoms with E-state index in [1.54, 1.807) is 6.20 Å². The Balaban J connectivity index is 1.96. The molecule has 1 atom stereocenters. The van der Waals surface area contributed by atoms with Gasteiger partial charge in [-0.3, -0.25) is 4.40 Å². The van der Waals surface area contributed by atoms with Gasteiger partial charge in [-0.15, -0.1) is 0 Å². The van der Waals surface area contributed by atoms with Crippen LogP contribution in [0.2, 0.25) is 0 Å². The molecule has 3 aromatic heterocycles. The molecule has 152 valence electrons. The van der Waals surface area contributed by atoms with Crippen LogP contribution in [0.1, 0.15) is 44.0 Å². The Morgan fingerprint density at radius 3 is 2.71 bits per heavy atom. The van der Waals surface area contributed by atoms with Crippen LogP contribution < -0.4 is 5.73 Å². The zero-order chi connectivity index (χ0) is 20.5. The van der Waals surface area contributed by atoms with Gasteiger partial charge in [0.1, 0.15) is 22.9 Å². The Hall–Kier alpha value is -2.39. The minimum absolute atomic E-state index is 0.0419. The minimum atomic E-state index is -3.22. The number of hydrogen-bond donors (Lipinski definition) is 2. The van der Waals surface area contributed by atoms with Crippen molar-refractivity contribution in [3.8, 4) is 11.4 Å². The van der Waals surface area contributed by atoms with Gasteiger partial charge in [0.25, 0.3) is 0 Å². The van der Waals surface area contributed by atoms with E-state index in [9.17, 15) is 8.42 Å². The zero-order valence-corrected chi connectivity index (χ0v) is 17.6. The van der Waals surface area contributed by atoms with Crippen molar-refractivity contribution in [2.75, 3.05) is 25.1 Å². The summed E-state index contributed by atoms with van der Waals surface area (Å²) >= 11 is 0. The molecule has 28 heavy (non-hydrogen) atoms. The Morgan fingerprint density at radius 2 is 2.11 bits per heavy atom. The SMILES string of the molecule is CCCN(CCC(C)c1nc(-c2cc(C)c[nH]2)c2c(N)nccn12)S(C)(=O)=O. The number of fused-ring (bicyclic) bond motifs is 1. The van der Waals surface area contributed by atoms with Crippen molar-refractivity contribution in [1.82, 2.24) is 23.7 Å². The molecule has 0 aliphatic carbocycles. The molecule has 0 bridgehead atoms. The van der Waals surface area contributed by atoms with Crippen molar-refractivity contribution < 1.29 is 8.42 Å². The monoisotopic (exact) mass is 404 g/mol. The van der Waals surface area contributed by atoms with Gasteiger partial charge in [0.05, 0.1) is 11.9 Å². The second-order valence-electron chi connectivity index (χ2n) is 7.29. The van der Waals surface area contributed by atoms with Gasteiger partial charge in [0.2, 0.25) is 10.0 Å². The normalized spacial score (nSPS) is 13.5. The fourth-order valence-corrected chi connectivity index (χ4v) is 4.37. The summed E-state index contributed by atoms with van der Waals surface area (Å²) in [6, 6.07) is 2.02. The highest BCUT2D eigenvalue weighted by Gasteiger charge is 2.22. The largest absolute Gasteiger partial charge is 0.382 e. The lowest BCUT2D eigenvalue weighted by molar-refractivity contribution is 0.393. The van der Waals surface area contributed by atoms with E-state index in [0.717, 1.165) is 34.7 Å². The van der Waals surface area contributed by atoms with Crippen molar-refractivity contribution in [3.05, 3.63) is 36.0 Å². The fraction of sp³-hybridized carbons (Fsp3) is 0.474. The molecule has 0 spiro atoms. The molecule has 0 saturated carbocycles. The number of rotatable bonds is 8. The number of sulfonamides is 1. The van der Waals surface area contributed by atoms with Crippen LogP contribution in [0.15, 0.2) is 24.7 Å². The van der Waals surface area contributed by atoms with Crippen LogP contribution in [-0.2, 0) is 10.0 Å². The number of aromatic nitrogens is 4. The average molecular weight is 405 g/mol. The van der Waals surface area contributed by atoms with Crippen LogP contribution in [0.25, 0.3) is 16.9 Å². The van der Waals surface area contributed by atoms with Gasteiger partial charge in [0.15, 0.2) is 0 Å². The molecule has 8 nitrogen and oxygen atoms in total. The van der Waals surface area contributed by atoms with E-state index in [-0.39, 0.29) is 5.92 Å². The zero-order valence-electron chi connectivity index (χ0n) is 16.8. The lowest BCUT2D eigenvalue weighted by atomic mass is 10.1. The number of anilines is 1. The molecule has 3 N–H and O–H groups in total. The number of aryl methyl sites for hydroxylation is 1. The smallest absolute Gasteiger partial charge is 0.211 e. The molecule has 0 aliphatic rings. The summed E-state index contributed by atoms with van der Waals surface area (Å²) in [5.74, 6) is 1.30. The van der Waals surface area contributed by atoms with Gasteiger partial charge in [-0.25, -0.2) is 22.7 Å². The third-order valence-electron chi connectivity index (χ3n) is 4.89. The Bertz CT molecular complexity index is 1070. The van der Waals surface area contributed by atoms with E-state index in [1.807, 2.05) is 36.7 Å². The highest BCUT2D eigenvalue weighted by molar-refractivity contribution is 7.88. The Morgan fingerprint density at radius 1 is 1.36 bits per heavy atom. The lowest BCUT2D eigenvalue weighted by Gasteiger charge is -2.21. The number of nitrogens with two attached hydrogens (primary N) is 1. The molecular weight excluding hydrogens is 376 g/mol. The summed E-state index contributed by atoms with van der Waals surface area (Å²) < 4.78 is 27.5. The molecule has 3 aromatic rings. The second kappa shape index (κ2) is 7.92. The fourth-order valence-electron chi connectivity index (χ4n) is 3.42. The third kappa shape index (κ3) is 4.05. The van der Waals surface area contributed by atoms with Crippen LogP contribution in [-0.4, -0.2) is 51.4 Å². The van der Waals surface area contributed by atoms with Crippen molar-refractivity contribution in [1.29, 1.82) is 0 Å². The maximum absolute atomic E-state index is 12.0. The average Bonchev–Trinajstić information content (AvgIpc) is 3.21.